The Hall–Kier alpha value is -0.490. The van der Waals surface area contributed by atoms with Crippen LogP contribution in [0.1, 0.15) is 170 Å². The molecular formula is C43H81Cl2N3O2. The molecule has 1 amide bonds. The summed E-state index contributed by atoms with van der Waals surface area (Å²) >= 11 is 0. The lowest BCUT2D eigenvalue weighted by molar-refractivity contribution is -0.0595. The molecule has 0 aliphatic heterocycles. The maximum absolute atomic E-state index is 13.5. The Labute approximate surface area is 321 Å². The number of hydrogen-bond donors (Lipinski definition) is 2. The van der Waals surface area contributed by atoms with E-state index >= 15 is 0 Å². The molecule has 7 heteroatoms. The van der Waals surface area contributed by atoms with Gasteiger partial charge >= 0.3 is 6.09 Å². The van der Waals surface area contributed by atoms with Crippen molar-refractivity contribution in [2.45, 2.75) is 176 Å². The predicted octanol–water partition coefficient (Wildman–Crippen LogP) is 11.7. The molecule has 7 unspecified atom stereocenters. The van der Waals surface area contributed by atoms with Crippen LogP contribution in [-0.2, 0) is 4.74 Å². The van der Waals surface area contributed by atoms with E-state index in [-0.39, 0.29) is 42.4 Å². The van der Waals surface area contributed by atoms with Crippen molar-refractivity contribution in [3.05, 3.63) is 11.6 Å². The van der Waals surface area contributed by atoms with E-state index in [2.05, 4.69) is 47.6 Å². The second kappa shape index (κ2) is 22.0. The number of unbranched alkanes of at least 4 members (excludes halogenated alkanes) is 7. The molecule has 4 aliphatic carbocycles. The van der Waals surface area contributed by atoms with Gasteiger partial charge in [-0.05, 0) is 136 Å². The van der Waals surface area contributed by atoms with Crippen molar-refractivity contribution in [3.8, 4) is 0 Å². The molecule has 4 rings (SSSR count). The molecule has 50 heavy (non-hydrogen) atoms. The third kappa shape index (κ3) is 11.3. The molecule has 0 aromatic carbocycles. The van der Waals surface area contributed by atoms with Gasteiger partial charge in [0.25, 0.3) is 0 Å². The van der Waals surface area contributed by atoms with Gasteiger partial charge in [-0.3, -0.25) is 0 Å². The van der Waals surface area contributed by atoms with Gasteiger partial charge in [-0.25, -0.2) is 4.79 Å². The molecule has 0 aromatic rings. The highest BCUT2D eigenvalue weighted by atomic mass is 35.5. The zero-order chi connectivity index (χ0) is 34.7. The summed E-state index contributed by atoms with van der Waals surface area (Å²) in [4.78, 5) is 15.4. The zero-order valence-corrected chi connectivity index (χ0v) is 35.0. The van der Waals surface area contributed by atoms with Crippen LogP contribution in [0, 0.1) is 52.3 Å². The van der Waals surface area contributed by atoms with Crippen molar-refractivity contribution in [1.82, 2.24) is 4.90 Å². The van der Waals surface area contributed by atoms with Gasteiger partial charge < -0.3 is 21.1 Å². The van der Waals surface area contributed by atoms with Gasteiger partial charge in [0, 0.05) is 19.5 Å². The van der Waals surface area contributed by atoms with Gasteiger partial charge in [0.15, 0.2) is 0 Å². The van der Waals surface area contributed by atoms with E-state index in [9.17, 15) is 4.79 Å². The summed E-state index contributed by atoms with van der Waals surface area (Å²) in [5, 5.41) is 0. The number of halogens is 2. The van der Waals surface area contributed by atoms with Crippen LogP contribution in [0.2, 0.25) is 0 Å². The van der Waals surface area contributed by atoms with E-state index in [1.807, 2.05) is 4.90 Å². The largest absolute Gasteiger partial charge is 0.446 e. The van der Waals surface area contributed by atoms with Crippen molar-refractivity contribution in [3.63, 3.8) is 0 Å². The van der Waals surface area contributed by atoms with E-state index in [1.54, 1.807) is 5.57 Å². The predicted molar refractivity (Wildman–Crippen MR) is 218 cm³/mol. The molecule has 3 saturated carbocycles. The molecule has 0 saturated heterocycles. The smallest absolute Gasteiger partial charge is 0.410 e. The fourth-order valence-corrected chi connectivity index (χ4v) is 11.7. The van der Waals surface area contributed by atoms with Crippen LogP contribution in [0.5, 0.6) is 0 Å². The molecule has 0 heterocycles. The number of carbonyl (C=O) groups excluding carboxylic acids is 1. The van der Waals surface area contributed by atoms with Crippen LogP contribution < -0.4 is 11.5 Å². The maximum Gasteiger partial charge on any atom is 0.410 e. The highest BCUT2D eigenvalue weighted by Crippen LogP contribution is 2.67. The minimum atomic E-state index is -0.105. The highest BCUT2D eigenvalue weighted by molar-refractivity contribution is 5.85. The van der Waals surface area contributed by atoms with Crippen LogP contribution in [0.15, 0.2) is 11.6 Å². The first-order chi connectivity index (χ1) is 23.1. The topological polar surface area (TPSA) is 81.6 Å². The number of nitrogens with zero attached hydrogens (tertiary/aromatic N) is 1. The van der Waals surface area contributed by atoms with Crippen LogP contribution >= 0.6 is 24.8 Å². The molecule has 4 aliphatic rings. The number of rotatable bonds is 20. The van der Waals surface area contributed by atoms with Crippen molar-refractivity contribution in [2.24, 2.45) is 63.7 Å². The SMILES string of the molecule is CC[C@H](CC[C@@H](C)C1CCC2C3CC=C4CC(OC(=O)N(CCCN)CCCCCCCCCCN)CCC4(C)C3CCC21C)C(C)C.Cl.Cl. The van der Waals surface area contributed by atoms with E-state index in [0.29, 0.717) is 18.5 Å². The first-order valence-corrected chi connectivity index (χ1v) is 21.1. The summed E-state index contributed by atoms with van der Waals surface area (Å²) in [6.07, 6.45) is 27.4. The quantitative estimate of drug-likeness (QED) is 0.0961. The van der Waals surface area contributed by atoms with Gasteiger partial charge in [-0.2, -0.15) is 0 Å². The second-order valence-electron chi connectivity index (χ2n) is 17.9. The first-order valence-electron chi connectivity index (χ1n) is 21.1. The fourth-order valence-electron chi connectivity index (χ4n) is 11.7. The van der Waals surface area contributed by atoms with E-state index in [0.717, 1.165) is 86.6 Å². The van der Waals surface area contributed by atoms with Crippen molar-refractivity contribution >= 4 is 30.9 Å². The monoisotopic (exact) mass is 742 g/mol. The molecule has 3 fully saturated rings. The van der Waals surface area contributed by atoms with Gasteiger partial charge in [0.2, 0.25) is 0 Å². The molecule has 4 N–H and O–H groups in total. The first kappa shape index (κ1) is 45.7. The number of nitrogens with two attached hydrogens (primary N) is 2. The molecule has 0 spiro atoms. The standard InChI is InChI=1S/C43H79N3O2.2ClH/c1-7-34(32(2)3)18-17-33(4)38-21-22-39-37-20-19-35-31-36(23-25-42(35,5)40(37)24-26-43(38,39)6)48-41(47)46(30-16-28-45)29-15-13-11-9-8-10-12-14-27-44;;/h19,32-34,36-40H,7-18,20-31,44-45H2,1-6H3;2*1H/t33-,34-,36?,37?,38?,39?,40?,42?,43?;;/m1../s1. The zero-order valence-electron chi connectivity index (χ0n) is 33.4. The number of ether oxygens (including phenoxy) is 1. The third-order valence-electron chi connectivity index (χ3n) is 14.8. The fraction of sp³-hybridized carbons (Fsp3) is 0.930. The van der Waals surface area contributed by atoms with Gasteiger partial charge in [-0.15, -0.1) is 24.8 Å². The summed E-state index contributed by atoms with van der Waals surface area (Å²) in [5.41, 5.74) is 13.9. The second-order valence-corrected chi connectivity index (χ2v) is 17.9. The summed E-state index contributed by atoms with van der Waals surface area (Å²) in [6.45, 7) is 18.1. The minimum absolute atomic E-state index is 0. The van der Waals surface area contributed by atoms with E-state index in [1.165, 1.54) is 96.3 Å². The molecule has 0 aromatic heterocycles. The Balaban J connectivity index is 0.00000433. The Morgan fingerprint density at radius 3 is 2.12 bits per heavy atom. The lowest BCUT2D eigenvalue weighted by atomic mass is 9.47. The molecule has 0 radical (unpaired) electrons. The minimum Gasteiger partial charge on any atom is -0.446 e. The van der Waals surface area contributed by atoms with Crippen molar-refractivity contribution < 1.29 is 9.53 Å². The highest BCUT2D eigenvalue weighted by Gasteiger charge is 2.59. The van der Waals surface area contributed by atoms with E-state index < -0.39 is 0 Å². The number of amides is 1. The Bertz CT molecular complexity index is 1010. The van der Waals surface area contributed by atoms with Crippen molar-refractivity contribution in [2.75, 3.05) is 26.2 Å². The van der Waals surface area contributed by atoms with E-state index in [4.69, 9.17) is 16.2 Å². The van der Waals surface area contributed by atoms with Crippen molar-refractivity contribution in [1.29, 1.82) is 0 Å². The molecule has 0 bridgehead atoms. The van der Waals surface area contributed by atoms with Gasteiger partial charge in [0.05, 0.1) is 0 Å². The third-order valence-corrected chi connectivity index (χ3v) is 14.8. The summed E-state index contributed by atoms with van der Waals surface area (Å²) in [7, 11) is 0. The number of fused-ring (bicyclic) bond motifs is 5. The van der Waals surface area contributed by atoms with Crippen LogP contribution in [0.3, 0.4) is 0 Å². The lowest BCUT2D eigenvalue weighted by Gasteiger charge is -2.58. The average Bonchev–Trinajstić information content (AvgIpc) is 3.42. The normalized spacial score (nSPS) is 31.3. The lowest BCUT2D eigenvalue weighted by Crippen LogP contribution is -2.51. The Kier molecular flexibility index (Phi) is 20.1. The van der Waals surface area contributed by atoms with Crippen LogP contribution in [0.25, 0.3) is 0 Å². The summed E-state index contributed by atoms with van der Waals surface area (Å²) < 4.78 is 6.30. The number of hydrogen-bond acceptors (Lipinski definition) is 4. The Morgan fingerprint density at radius 2 is 1.48 bits per heavy atom. The summed E-state index contributed by atoms with van der Waals surface area (Å²) in [5.74, 6) is 5.96. The molecular weight excluding hydrogens is 661 g/mol. The average molecular weight is 743 g/mol. The number of allylic oxidation sites excluding steroid dienone is 1. The van der Waals surface area contributed by atoms with Crippen LogP contribution in [0.4, 0.5) is 4.79 Å². The number of carbonyl (C=O) groups is 1. The molecule has 294 valence electrons. The summed E-state index contributed by atoms with van der Waals surface area (Å²) in [6, 6.07) is 0. The maximum atomic E-state index is 13.5. The Morgan fingerprint density at radius 1 is 0.840 bits per heavy atom. The molecule has 9 atom stereocenters. The van der Waals surface area contributed by atoms with Gasteiger partial charge in [-0.1, -0.05) is 105 Å². The van der Waals surface area contributed by atoms with Gasteiger partial charge in [0.1, 0.15) is 6.10 Å². The molecule has 5 nitrogen and oxygen atoms in total. The van der Waals surface area contributed by atoms with Crippen LogP contribution in [-0.4, -0.2) is 43.3 Å².